The van der Waals surface area contributed by atoms with Crippen LogP contribution in [0.15, 0.2) is 12.2 Å². The fraction of sp³-hybridized carbons (Fsp3) is 0.667. The molecule has 76 valence electrons. The Morgan fingerprint density at radius 1 is 1.69 bits per heavy atom. The van der Waals surface area contributed by atoms with Crippen molar-refractivity contribution in [3.8, 4) is 0 Å². The Morgan fingerprint density at radius 2 is 2.15 bits per heavy atom. The maximum atomic E-state index is 11.5. The highest BCUT2D eigenvalue weighted by molar-refractivity contribution is 9.10. The summed E-state index contributed by atoms with van der Waals surface area (Å²) in [7, 11) is 0. The van der Waals surface area contributed by atoms with Gasteiger partial charge in [-0.2, -0.15) is 0 Å². The Balaban J connectivity index is 4.26. The number of halogens is 1. The summed E-state index contributed by atoms with van der Waals surface area (Å²) in [4.78, 5) is 15.6. The van der Waals surface area contributed by atoms with E-state index in [2.05, 4.69) is 27.4 Å². The molecule has 1 unspecified atom stereocenters. The molecule has 0 amide bonds. The molecule has 0 aromatic heterocycles. The van der Waals surface area contributed by atoms with Crippen molar-refractivity contribution < 1.29 is 14.9 Å². The van der Waals surface area contributed by atoms with Crippen LogP contribution >= 0.6 is 15.9 Å². The molecule has 0 saturated carbocycles. The predicted octanol–water partition coefficient (Wildman–Crippen LogP) is 2.55. The molecule has 0 rings (SSSR count). The van der Waals surface area contributed by atoms with E-state index in [1.165, 1.54) is 0 Å². The number of carbonyl (C=O) groups is 1. The van der Waals surface area contributed by atoms with Gasteiger partial charge in [-0.05, 0) is 26.3 Å². The molecule has 4 heteroatoms. The van der Waals surface area contributed by atoms with Crippen LogP contribution in [0.5, 0.6) is 0 Å². The zero-order valence-electron chi connectivity index (χ0n) is 8.13. The van der Waals surface area contributed by atoms with Crippen molar-refractivity contribution >= 4 is 21.7 Å². The molecule has 1 N–H and O–H groups in total. The van der Waals surface area contributed by atoms with Crippen LogP contribution in [0, 0.1) is 0 Å². The normalized spacial score (nSPS) is 13.9. The highest BCUT2D eigenvalue weighted by atomic mass is 79.9. The molecule has 13 heavy (non-hydrogen) atoms. The topological polar surface area (TPSA) is 46.5 Å². The van der Waals surface area contributed by atoms with Gasteiger partial charge in [0, 0.05) is 6.42 Å². The summed E-state index contributed by atoms with van der Waals surface area (Å²) in [6.07, 6.45) is -0.478. The summed E-state index contributed by atoms with van der Waals surface area (Å²) in [6, 6.07) is 0. The molecule has 1 atom stereocenters. The average molecular weight is 251 g/mol. The summed E-state index contributed by atoms with van der Waals surface area (Å²) in [5.74, 6) is -0.0328. The molecule has 0 aromatic carbocycles. The number of Topliss-reactive ketones (excluding diaryl/α,β-unsaturated/α-hetero) is 1. The van der Waals surface area contributed by atoms with Gasteiger partial charge in [0.05, 0.1) is 4.32 Å². The van der Waals surface area contributed by atoms with E-state index in [-0.39, 0.29) is 12.2 Å². The molecule has 0 bridgehead atoms. The second-order valence-electron chi connectivity index (χ2n) is 3.54. The van der Waals surface area contributed by atoms with Gasteiger partial charge >= 0.3 is 0 Å². The predicted molar refractivity (Wildman–Crippen MR) is 54.9 cm³/mol. The number of hydrogen-bond donors (Lipinski definition) is 1. The fourth-order valence-electron chi connectivity index (χ4n) is 0.713. The van der Waals surface area contributed by atoms with E-state index < -0.39 is 10.4 Å². The maximum Gasteiger partial charge on any atom is 0.152 e. The third-order valence-corrected chi connectivity index (χ3v) is 2.15. The van der Waals surface area contributed by atoms with Crippen molar-refractivity contribution in [2.75, 3.05) is 0 Å². The highest BCUT2D eigenvalue weighted by Gasteiger charge is 2.27. The SMILES string of the molecule is C=C(C)C(CC(=O)C(C)(C)Br)OO. The summed E-state index contributed by atoms with van der Waals surface area (Å²) >= 11 is 3.23. The molecule has 0 aliphatic carbocycles. The van der Waals surface area contributed by atoms with Gasteiger partial charge in [0.1, 0.15) is 6.10 Å². The summed E-state index contributed by atoms with van der Waals surface area (Å²) in [5, 5.41) is 8.48. The molecule has 0 heterocycles. The van der Waals surface area contributed by atoms with Crippen molar-refractivity contribution in [2.45, 2.75) is 37.6 Å². The van der Waals surface area contributed by atoms with Gasteiger partial charge < -0.3 is 0 Å². The maximum absolute atomic E-state index is 11.5. The molecule has 0 aromatic rings. The van der Waals surface area contributed by atoms with Crippen LogP contribution in [0.4, 0.5) is 0 Å². The van der Waals surface area contributed by atoms with Gasteiger partial charge in [0.2, 0.25) is 0 Å². The summed E-state index contributed by atoms with van der Waals surface area (Å²) < 4.78 is -0.584. The standard InChI is InChI=1S/C9H15BrO3/c1-6(2)7(13-12)5-8(11)9(3,4)10/h7,12H,1,5H2,2-4H3. The van der Waals surface area contributed by atoms with Crippen LogP contribution in [0.3, 0.4) is 0 Å². The molecule has 3 nitrogen and oxygen atoms in total. The monoisotopic (exact) mass is 250 g/mol. The quantitative estimate of drug-likeness (QED) is 0.353. The molecular weight excluding hydrogens is 236 g/mol. The zero-order chi connectivity index (χ0) is 10.6. The van der Waals surface area contributed by atoms with E-state index in [9.17, 15) is 4.79 Å². The molecule has 0 aliphatic rings. The van der Waals surface area contributed by atoms with Crippen LogP contribution in [-0.2, 0) is 9.68 Å². The Kier molecular flexibility index (Phi) is 4.81. The minimum Gasteiger partial charge on any atom is -0.298 e. The van der Waals surface area contributed by atoms with Crippen LogP contribution in [0.2, 0.25) is 0 Å². The molecule has 0 radical (unpaired) electrons. The number of hydrogen-bond acceptors (Lipinski definition) is 3. The third-order valence-electron chi connectivity index (χ3n) is 1.71. The Bertz CT molecular complexity index is 205. The van der Waals surface area contributed by atoms with Crippen molar-refractivity contribution in [3.05, 3.63) is 12.2 Å². The lowest BCUT2D eigenvalue weighted by atomic mass is 10.00. The largest absolute Gasteiger partial charge is 0.298 e. The van der Waals surface area contributed by atoms with Crippen LogP contribution in [0.1, 0.15) is 27.2 Å². The van der Waals surface area contributed by atoms with E-state index in [4.69, 9.17) is 5.26 Å². The Morgan fingerprint density at radius 3 is 2.38 bits per heavy atom. The van der Waals surface area contributed by atoms with E-state index in [0.717, 1.165) is 0 Å². The lowest BCUT2D eigenvalue weighted by molar-refractivity contribution is -0.268. The molecule has 0 saturated heterocycles. The highest BCUT2D eigenvalue weighted by Crippen LogP contribution is 2.21. The fourth-order valence-corrected chi connectivity index (χ4v) is 0.874. The zero-order valence-corrected chi connectivity index (χ0v) is 9.72. The van der Waals surface area contributed by atoms with Crippen LogP contribution in [-0.4, -0.2) is 21.5 Å². The van der Waals surface area contributed by atoms with E-state index in [1.54, 1.807) is 20.8 Å². The van der Waals surface area contributed by atoms with Crippen molar-refractivity contribution in [1.29, 1.82) is 0 Å². The summed E-state index contributed by atoms with van der Waals surface area (Å²) in [5.41, 5.74) is 0.632. The minimum absolute atomic E-state index is 0.0328. The average Bonchev–Trinajstić information content (AvgIpc) is 1.96. The van der Waals surface area contributed by atoms with Crippen LogP contribution in [0.25, 0.3) is 0 Å². The van der Waals surface area contributed by atoms with Crippen molar-refractivity contribution in [1.82, 2.24) is 0 Å². The molecule has 0 aliphatic heterocycles. The van der Waals surface area contributed by atoms with Gasteiger partial charge in [0.15, 0.2) is 5.78 Å². The van der Waals surface area contributed by atoms with Crippen molar-refractivity contribution in [3.63, 3.8) is 0 Å². The first-order valence-electron chi connectivity index (χ1n) is 3.97. The first-order valence-corrected chi connectivity index (χ1v) is 4.76. The van der Waals surface area contributed by atoms with Crippen LogP contribution < -0.4 is 0 Å². The minimum atomic E-state index is -0.607. The van der Waals surface area contributed by atoms with Gasteiger partial charge in [0.25, 0.3) is 0 Å². The number of rotatable bonds is 5. The third kappa shape index (κ3) is 4.55. The van der Waals surface area contributed by atoms with Crippen molar-refractivity contribution in [2.24, 2.45) is 0 Å². The smallest absolute Gasteiger partial charge is 0.152 e. The number of ketones is 1. The van der Waals surface area contributed by atoms with E-state index in [0.29, 0.717) is 5.57 Å². The Hall–Kier alpha value is -0.190. The molecule has 0 spiro atoms. The van der Waals surface area contributed by atoms with Gasteiger partial charge in [-0.15, -0.1) is 0 Å². The molecular formula is C9H15BrO3. The second-order valence-corrected chi connectivity index (χ2v) is 5.52. The van der Waals surface area contributed by atoms with Gasteiger partial charge in [-0.25, -0.2) is 4.89 Å². The first-order chi connectivity index (χ1) is 5.79. The lowest BCUT2D eigenvalue weighted by Crippen LogP contribution is -2.29. The van der Waals surface area contributed by atoms with Gasteiger partial charge in [-0.3, -0.25) is 10.1 Å². The summed E-state index contributed by atoms with van der Waals surface area (Å²) in [6.45, 7) is 8.82. The Labute approximate surface area is 86.8 Å². The second kappa shape index (κ2) is 4.88. The molecule has 0 fully saturated rings. The van der Waals surface area contributed by atoms with E-state index in [1.807, 2.05) is 0 Å². The number of alkyl halides is 1. The number of carbonyl (C=O) groups excluding carboxylic acids is 1. The van der Waals surface area contributed by atoms with Gasteiger partial charge in [-0.1, -0.05) is 22.5 Å². The van der Waals surface area contributed by atoms with E-state index >= 15 is 0 Å². The first kappa shape index (κ1) is 12.8. The lowest BCUT2D eigenvalue weighted by Gasteiger charge is -2.18.